The zero-order valence-electron chi connectivity index (χ0n) is 15.0. The molecule has 1 aliphatic heterocycles. The van der Waals surface area contributed by atoms with Crippen LogP contribution in [0.15, 0.2) is 42.5 Å². The highest BCUT2D eigenvalue weighted by molar-refractivity contribution is 5.66. The van der Waals surface area contributed by atoms with Gasteiger partial charge < -0.3 is 4.90 Å². The van der Waals surface area contributed by atoms with Crippen LogP contribution in [0.1, 0.15) is 43.2 Å². The molecule has 1 nitrogen and oxygen atoms in total. The van der Waals surface area contributed by atoms with Gasteiger partial charge in [0.1, 0.15) is 5.82 Å². The molecule has 1 saturated carbocycles. The van der Waals surface area contributed by atoms with Crippen LogP contribution in [0, 0.1) is 11.7 Å². The number of nitrogens with zero attached hydrogens (tertiary/aromatic N) is 1. The molecule has 2 heteroatoms. The van der Waals surface area contributed by atoms with Gasteiger partial charge in [-0.1, -0.05) is 43.2 Å². The van der Waals surface area contributed by atoms with Gasteiger partial charge in [0.2, 0.25) is 0 Å². The maximum Gasteiger partial charge on any atom is 0.123 e. The summed E-state index contributed by atoms with van der Waals surface area (Å²) in [5.74, 6) is 0.654. The maximum absolute atomic E-state index is 13.3. The maximum atomic E-state index is 13.3. The standard InChI is InChI=1S/C23H26FN/c1-25-13-12-23-11-3-2-4-20(23)22(25)15-18-6-5-17(14-21(18)23)16-7-9-19(24)10-8-16/h5-10,14,20,22H,2-4,11-13,15H2,1H3/t20-,22+,23+/m1/s1. The van der Waals surface area contributed by atoms with Crippen LogP contribution in [0.25, 0.3) is 11.1 Å². The number of fused-ring (bicyclic) bond motifs is 1. The van der Waals surface area contributed by atoms with Crippen LogP contribution in [-0.2, 0) is 11.8 Å². The normalized spacial score (nSPS) is 31.3. The van der Waals surface area contributed by atoms with Crippen molar-refractivity contribution in [1.82, 2.24) is 4.90 Å². The van der Waals surface area contributed by atoms with Crippen LogP contribution in [0.3, 0.4) is 0 Å². The Labute approximate surface area is 149 Å². The van der Waals surface area contributed by atoms with E-state index in [0.717, 1.165) is 17.5 Å². The van der Waals surface area contributed by atoms with Crippen molar-refractivity contribution in [3.8, 4) is 11.1 Å². The zero-order valence-corrected chi connectivity index (χ0v) is 15.0. The van der Waals surface area contributed by atoms with E-state index in [0.29, 0.717) is 5.41 Å². The van der Waals surface area contributed by atoms with Gasteiger partial charge in [0.25, 0.3) is 0 Å². The Bertz CT molecular complexity index is 796. The second kappa shape index (κ2) is 5.67. The monoisotopic (exact) mass is 335 g/mol. The number of hydrogen-bond donors (Lipinski definition) is 0. The summed E-state index contributed by atoms with van der Waals surface area (Å²) in [6.07, 6.45) is 7.99. The van der Waals surface area contributed by atoms with Gasteiger partial charge in [0, 0.05) is 11.5 Å². The summed E-state index contributed by atoms with van der Waals surface area (Å²) >= 11 is 0. The van der Waals surface area contributed by atoms with E-state index in [1.165, 1.54) is 50.6 Å². The van der Waals surface area contributed by atoms with Crippen molar-refractivity contribution in [3.05, 3.63) is 59.4 Å². The third-order valence-electron chi connectivity index (χ3n) is 7.29. The Morgan fingerprint density at radius 3 is 2.64 bits per heavy atom. The molecule has 0 unspecified atom stereocenters. The summed E-state index contributed by atoms with van der Waals surface area (Å²) in [5.41, 5.74) is 5.93. The molecule has 0 spiro atoms. The number of halogens is 1. The minimum Gasteiger partial charge on any atom is -0.303 e. The highest BCUT2D eigenvalue weighted by Gasteiger charge is 2.52. The van der Waals surface area contributed by atoms with Crippen molar-refractivity contribution < 1.29 is 4.39 Å². The first kappa shape index (κ1) is 15.6. The molecule has 1 heterocycles. The zero-order chi connectivity index (χ0) is 17.0. The van der Waals surface area contributed by atoms with Gasteiger partial charge in [-0.3, -0.25) is 0 Å². The fourth-order valence-electron chi connectivity index (χ4n) is 6.02. The third kappa shape index (κ3) is 2.30. The largest absolute Gasteiger partial charge is 0.303 e. The quantitative estimate of drug-likeness (QED) is 0.694. The Morgan fingerprint density at radius 2 is 1.80 bits per heavy atom. The van der Waals surface area contributed by atoms with Crippen molar-refractivity contribution >= 4 is 0 Å². The molecule has 3 atom stereocenters. The van der Waals surface area contributed by atoms with Crippen molar-refractivity contribution in [2.75, 3.05) is 13.6 Å². The van der Waals surface area contributed by atoms with Crippen LogP contribution in [-0.4, -0.2) is 24.5 Å². The molecule has 3 aliphatic rings. The number of likely N-dealkylation sites (tertiary alicyclic amines) is 1. The molecular formula is C23H26FN. The van der Waals surface area contributed by atoms with Crippen LogP contribution in [0.4, 0.5) is 4.39 Å². The lowest BCUT2D eigenvalue weighted by Crippen LogP contribution is -2.59. The molecule has 0 amide bonds. The molecule has 0 aromatic heterocycles. The Balaban J connectivity index is 1.64. The molecule has 2 bridgehead atoms. The number of likely N-dealkylation sites (N-methyl/N-ethyl adjacent to an activating group) is 1. The van der Waals surface area contributed by atoms with E-state index < -0.39 is 0 Å². The lowest BCUT2D eigenvalue weighted by Gasteiger charge is -2.58. The minimum atomic E-state index is -0.161. The van der Waals surface area contributed by atoms with E-state index in [1.54, 1.807) is 23.3 Å². The minimum absolute atomic E-state index is 0.161. The van der Waals surface area contributed by atoms with Gasteiger partial charge in [0.15, 0.2) is 0 Å². The molecule has 2 fully saturated rings. The topological polar surface area (TPSA) is 3.24 Å². The van der Waals surface area contributed by atoms with Crippen LogP contribution >= 0.6 is 0 Å². The van der Waals surface area contributed by atoms with E-state index in [2.05, 4.69) is 30.1 Å². The van der Waals surface area contributed by atoms with Crippen molar-refractivity contribution in [2.24, 2.45) is 5.92 Å². The molecule has 130 valence electrons. The predicted molar refractivity (Wildman–Crippen MR) is 100 cm³/mol. The third-order valence-corrected chi connectivity index (χ3v) is 7.29. The SMILES string of the molecule is CN1CC[C@@]23CCCC[C@@H]2[C@@H]1Cc1ccc(-c2ccc(F)cc2)cc13. The summed E-state index contributed by atoms with van der Waals surface area (Å²) in [7, 11) is 2.32. The van der Waals surface area contributed by atoms with Gasteiger partial charge in [-0.15, -0.1) is 0 Å². The average Bonchev–Trinajstić information content (AvgIpc) is 2.65. The molecule has 5 rings (SSSR count). The highest BCUT2D eigenvalue weighted by atomic mass is 19.1. The Hall–Kier alpha value is -1.67. The molecule has 0 radical (unpaired) electrons. The summed E-state index contributed by atoms with van der Waals surface area (Å²) in [5, 5.41) is 0. The lowest BCUT2D eigenvalue weighted by molar-refractivity contribution is 0.00290. The van der Waals surface area contributed by atoms with Crippen molar-refractivity contribution in [1.29, 1.82) is 0 Å². The van der Waals surface area contributed by atoms with Crippen LogP contribution < -0.4 is 0 Å². The summed E-state index contributed by atoms with van der Waals surface area (Å²) in [6.45, 7) is 1.22. The summed E-state index contributed by atoms with van der Waals surface area (Å²) in [4.78, 5) is 2.62. The van der Waals surface area contributed by atoms with E-state index in [9.17, 15) is 4.39 Å². The average molecular weight is 335 g/mol. The molecule has 1 saturated heterocycles. The molecule has 2 aliphatic carbocycles. The Morgan fingerprint density at radius 1 is 1.00 bits per heavy atom. The smallest absolute Gasteiger partial charge is 0.123 e. The summed E-state index contributed by atoms with van der Waals surface area (Å²) < 4.78 is 13.3. The lowest BCUT2D eigenvalue weighted by atomic mass is 9.52. The first-order valence-electron chi connectivity index (χ1n) is 9.77. The highest BCUT2D eigenvalue weighted by Crippen LogP contribution is 2.55. The second-order valence-corrected chi connectivity index (χ2v) is 8.39. The van der Waals surface area contributed by atoms with Gasteiger partial charge in [-0.25, -0.2) is 4.39 Å². The van der Waals surface area contributed by atoms with E-state index in [4.69, 9.17) is 0 Å². The second-order valence-electron chi connectivity index (χ2n) is 8.39. The number of benzene rings is 2. The van der Waals surface area contributed by atoms with Gasteiger partial charge >= 0.3 is 0 Å². The molecule has 25 heavy (non-hydrogen) atoms. The molecule has 0 N–H and O–H groups in total. The number of piperidine rings is 1. The van der Waals surface area contributed by atoms with Crippen LogP contribution in [0.2, 0.25) is 0 Å². The fraction of sp³-hybridized carbons (Fsp3) is 0.478. The van der Waals surface area contributed by atoms with E-state index >= 15 is 0 Å². The van der Waals surface area contributed by atoms with Gasteiger partial charge in [0.05, 0.1) is 0 Å². The van der Waals surface area contributed by atoms with Crippen LogP contribution in [0.5, 0.6) is 0 Å². The van der Waals surface area contributed by atoms with Gasteiger partial charge in [-0.05, 0) is 79.6 Å². The first-order valence-corrected chi connectivity index (χ1v) is 9.77. The first-order chi connectivity index (χ1) is 12.2. The molecule has 2 aromatic carbocycles. The number of rotatable bonds is 1. The predicted octanol–water partition coefficient (Wildman–Crippen LogP) is 5.18. The molecule has 2 aromatic rings. The van der Waals surface area contributed by atoms with E-state index in [1.807, 2.05) is 12.1 Å². The summed E-state index contributed by atoms with van der Waals surface area (Å²) in [6, 6.07) is 14.7. The van der Waals surface area contributed by atoms with Crippen molar-refractivity contribution in [2.45, 2.75) is 50.0 Å². The Kier molecular flexibility index (Phi) is 3.53. The van der Waals surface area contributed by atoms with Gasteiger partial charge in [-0.2, -0.15) is 0 Å². The van der Waals surface area contributed by atoms with Crippen molar-refractivity contribution in [3.63, 3.8) is 0 Å². The van der Waals surface area contributed by atoms with E-state index in [-0.39, 0.29) is 5.82 Å². The molecular weight excluding hydrogens is 309 g/mol. The number of hydrogen-bond acceptors (Lipinski definition) is 1. The fourth-order valence-corrected chi connectivity index (χ4v) is 6.02.